The first-order chi connectivity index (χ1) is 8.20. The van der Waals surface area contributed by atoms with Crippen molar-refractivity contribution >= 4 is 5.97 Å². The third-order valence-electron chi connectivity index (χ3n) is 3.91. The summed E-state index contributed by atoms with van der Waals surface area (Å²) in [6, 6.07) is 0.687. The first-order valence-electron chi connectivity index (χ1n) is 6.76. The van der Waals surface area contributed by atoms with E-state index in [1.165, 1.54) is 32.8 Å². The Hall–Kier alpha value is -0.610. The number of ether oxygens (including phenoxy) is 1. The van der Waals surface area contributed by atoms with E-state index in [1.54, 1.807) is 0 Å². The lowest BCUT2D eigenvalue weighted by molar-refractivity contribution is -0.147. The topological polar surface area (TPSA) is 41.6 Å². The Morgan fingerprint density at radius 1 is 1.47 bits per heavy atom. The molecule has 1 heterocycles. The fourth-order valence-corrected chi connectivity index (χ4v) is 2.56. The van der Waals surface area contributed by atoms with Crippen LogP contribution in [-0.4, -0.2) is 49.7 Å². The van der Waals surface area contributed by atoms with Crippen LogP contribution in [0, 0.1) is 5.92 Å². The van der Waals surface area contributed by atoms with Crippen LogP contribution in [0.5, 0.6) is 0 Å². The van der Waals surface area contributed by atoms with E-state index in [-0.39, 0.29) is 12.0 Å². The highest BCUT2D eigenvalue weighted by atomic mass is 16.5. The van der Waals surface area contributed by atoms with Gasteiger partial charge in [-0.1, -0.05) is 0 Å². The van der Waals surface area contributed by atoms with Crippen LogP contribution in [0.2, 0.25) is 0 Å². The second kappa shape index (κ2) is 5.83. The smallest absolute Gasteiger partial charge is 0.322 e. The van der Waals surface area contributed by atoms with Crippen LogP contribution in [0.15, 0.2) is 0 Å². The van der Waals surface area contributed by atoms with E-state index in [0.717, 1.165) is 25.7 Å². The molecule has 17 heavy (non-hydrogen) atoms. The van der Waals surface area contributed by atoms with Gasteiger partial charge in [-0.2, -0.15) is 0 Å². The van der Waals surface area contributed by atoms with Gasteiger partial charge in [0.2, 0.25) is 0 Å². The van der Waals surface area contributed by atoms with E-state index in [1.807, 2.05) is 6.92 Å². The maximum atomic E-state index is 11.5. The predicted octanol–water partition coefficient (Wildman–Crippen LogP) is 1.01. The molecule has 98 valence electrons. The number of hydrogen-bond acceptors (Lipinski definition) is 4. The Labute approximate surface area is 104 Å². The lowest BCUT2D eigenvalue weighted by Crippen LogP contribution is -2.47. The highest BCUT2D eigenvalue weighted by Crippen LogP contribution is 2.22. The van der Waals surface area contributed by atoms with E-state index in [2.05, 4.69) is 10.2 Å². The van der Waals surface area contributed by atoms with Gasteiger partial charge in [0.05, 0.1) is 7.11 Å². The van der Waals surface area contributed by atoms with Crippen LogP contribution in [0.25, 0.3) is 0 Å². The fourth-order valence-electron chi connectivity index (χ4n) is 2.56. The van der Waals surface area contributed by atoms with Gasteiger partial charge in [0, 0.05) is 12.6 Å². The Bertz CT molecular complexity index is 266. The molecular weight excluding hydrogens is 216 g/mol. The van der Waals surface area contributed by atoms with E-state index in [4.69, 9.17) is 4.74 Å². The SMILES string of the molecule is COC(=O)C(C)N1CCCC(CNC2CC2)C1. The molecule has 2 atom stereocenters. The molecule has 2 rings (SSSR count). The third kappa shape index (κ3) is 3.68. The molecule has 1 N–H and O–H groups in total. The highest BCUT2D eigenvalue weighted by Gasteiger charge is 2.29. The fraction of sp³-hybridized carbons (Fsp3) is 0.923. The quantitative estimate of drug-likeness (QED) is 0.728. The molecule has 0 spiro atoms. The van der Waals surface area contributed by atoms with Crippen LogP contribution in [-0.2, 0) is 9.53 Å². The summed E-state index contributed by atoms with van der Waals surface area (Å²) in [5, 5.41) is 3.59. The lowest BCUT2D eigenvalue weighted by atomic mass is 9.96. The van der Waals surface area contributed by atoms with Gasteiger partial charge < -0.3 is 10.1 Å². The van der Waals surface area contributed by atoms with Crippen LogP contribution >= 0.6 is 0 Å². The maximum absolute atomic E-state index is 11.5. The molecule has 0 aromatic rings. The number of esters is 1. The summed E-state index contributed by atoms with van der Waals surface area (Å²) in [6.45, 7) is 5.10. The second-order valence-corrected chi connectivity index (χ2v) is 5.38. The summed E-state index contributed by atoms with van der Waals surface area (Å²) in [4.78, 5) is 13.8. The zero-order chi connectivity index (χ0) is 12.3. The van der Waals surface area contributed by atoms with Crippen molar-refractivity contribution in [2.45, 2.75) is 44.7 Å². The molecule has 0 radical (unpaired) electrons. The number of methoxy groups -OCH3 is 1. The summed E-state index contributed by atoms with van der Waals surface area (Å²) in [6.07, 6.45) is 5.16. The number of carbonyl (C=O) groups excluding carboxylic acids is 1. The Morgan fingerprint density at radius 3 is 2.88 bits per heavy atom. The molecule has 4 nitrogen and oxygen atoms in total. The van der Waals surface area contributed by atoms with Crippen molar-refractivity contribution in [1.29, 1.82) is 0 Å². The van der Waals surface area contributed by atoms with Crippen LogP contribution in [0.1, 0.15) is 32.6 Å². The van der Waals surface area contributed by atoms with Gasteiger partial charge in [-0.25, -0.2) is 0 Å². The maximum Gasteiger partial charge on any atom is 0.322 e. The minimum atomic E-state index is -0.110. The minimum Gasteiger partial charge on any atom is -0.468 e. The van der Waals surface area contributed by atoms with Gasteiger partial charge >= 0.3 is 5.97 Å². The van der Waals surface area contributed by atoms with Crippen molar-refractivity contribution in [3.05, 3.63) is 0 Å². The number of nitrogens with one attached hydrogen (secondary N) is 1. The summed E-state index contributed by atoms with van der Waals surface area (Å²) in [5.74, 6) is 0.581. The molecule has 2 unspecified atom stereocenters. The van der Waals surface area contributed by atoms with Crippen molar-refractivity contribution < 1.29 is 9.53 Å². The second-order valence-electron chi connectivity index (χ2n) is 5.38. The monoisotopic (exact) mass is 240 g/mol. The summed E-state index contributed by atoms with van der Waals surface area (Å²) in [5.41, 5.74) is 0. The molecule has 0 bridgehead atoms. The van der Waals surface area contributed by atoms with E-state index < -0.39 is 0 Å². The normalized spacial score (nSPS) is 27.8. The third-order valence-corrected chi connectivity index (χ3v) is 3.91. The van der Waals surface area contributed by atoms with Crippen LogP contribution < -0.4 is 5.32 Å². The van der Waals surface area contributed by atoms with Crippen molar-refractivity contribution in [1.82, 2.24) is 10.2 Å². The molecule has 4 heteroatoms. The molecule has 2 aliphatic rings. The van der Waals surface area contributed by atoms with E-state index in [0.29, 0.717) is 5.92 Å². The van der Waals surface area contributed by atoms with Crippen LogP contribution in [0.3, 0.4) is 0 Å². The molecule has 1 aliphatic heterocycles. The lowest BCUT2D eigenvalue weighted by Gasteiger charge is -2.35. The van der Waals surface area contributed by atoms with Gasteiger partial charge in [0.25, 0.3) is 0 Å². The Morgan fingerprint density at radius 2 is 2.24 bits per heavy atom. The van der Waals surface area contributed by atoms with E-state index >= 15 is 0 Å². The molecule has 0 aromatic heterocycles. The predicted molar refractivity (Wildman–Crippen MR) is 66.8 cm³/mol. The largest absolute Gasteiger partial charge is 0.468 e. The molecule has 2 fully saturated rings. The minimum absolute atomic E-state index is 0.0938. The average molecular weight is 240 g/mol. The first-order valence-corrected chi connectivity index (χ1v) is 6.76. The highest BCUT2D eigenvalue weighted by molar-refractivity contribution is 5.75. The molecule has 0 amide bonds. The number of hydrogen-bond donors (Lipinski definition) is 1. The average Bonchev–Trinajstić information content (AvgIpc) is 3.19. The molecule has 1 saturated carbocycles. The number of nitrogens with zero attached hydrogens (tertiary/aromatic N) is 1. The molecule has 1 aliphatic carbocycles. The molecular formula is C13H24N2O2. The Kier molecular flexibility index (Phi) is 4.40. The van der Waals surface area contributed by atoms with Crippen molar-refractivity contribution in [2.75, 3.05) is 26.7 Å². The summed E-state index contributed by atoms with van der Waals surface area (Å²) < 4.78 is 4.81. The summed E-state index contributed by atoms with van der Waals surface area (Å²) >= 11 is 0. The number of piperidine rings is 1. The molecule has 0 aromatic carbocycles. The number of likely N-dealkylation sites (tertiary alicyclic amines) is 1. The van der Waals surface area contributed by atoms with Crippen molar-refractivity contribution in [3.8, 4) is 0 Å². The standard InChI is InChI=1S/C13H24N2O2/c1-10(13(16)17-2)15-7-3-4-11(9-15)8-14-12-5-6-12/h10-12,14H,3-9H2,1-2H3. The van der Waals surface area contributed by atoms with Crippen LogP contribution in [0.4, 0.5) is 0 Å². The number of carbonyl (C=O) groups is 1. The van der Waals surface area contributed by atoms with Crippen molar-refractivity contribution in [2.24, 2.45) is 5.92 Å². The van der Waals surface area contributed by atoms with Gasteiger partial charge in [-0.05, 0) is 51.6 Å². The van der Waals surface area contributed by atoms with Gasteiger partial charge in [0.1, 0.15) is 6.04 Å². The van der Waals surface area contributed by atoms with Gasteiger partial charge in [-0.15, -0.1) is 0 Å². The molecule has 1 saturated heterocycles. The van der Waals surface area contributed by atoms with Crippen molar-refractivity contribution in [3.63, 3.8) is 0 Å². The van der Waals surface area contributed by atoms with E-state index in [9.17, 15) is 4.79 Å². The van der Waals surface area contributed by atoms with Gasteiger partial charge in [-0.3, -0.25) is 9.69 Å². The number of rotatable bonds is 5. The van der Waals surface area contributed by atoms with Gasteiger partial charge in [0.15, 0.2) is 0 Å². The Balaban J connectivity index is 1.76. The summed E-state index contributed by atoms with van der Waals surface area (Å²) in [7, 11) is 1.47. The zero-order valence-corrected chi connectivity index (χ0v) is 10.9. The first kappa shape index (κ1) is 12.8. The zero-order valence-electron chi connectivity index (χ0n) is 10.9.